The molecule has 0 bridgehead atoms. The van der Waals surface area contributed by atoms with Gasteiger partial charge in [0, 0.05) is 51.4 Å². The van der Waals surface area contributed by atoms with E-state index >= 15 is 0 Å². The average molecular weight is 496 g/mol. The molecule has 3 saturated heterocycles. The summed E-state index contributed by atoms with van der Waals surface area (Å²) in [6.45, 7) is 1.59. The first kappa shape index (κ1) is 25.1. The number of benzene rings is 1. The molecule has 0 saturated carbocycles. The zero-order valence-electron chi connectivity index (χ0n) is 19.6. The van der Waals surface area contributed by atoms with Crippen molar-refractivity contribution in [1.82, 2.24) is 20.2 Å². The number of piperidine rings is 1. The summed E-state index contributed by atoms with van der Waals surface area (Å²) in [6, 6.07) is 9.04. The Balaban J connectivity index is 1.39. The van der Waals surface area contributed by atoms with Crippen LogP contribution in [0.15, 0.2) is 30.3 Å². The third kappa shape index (κ3) is 5.64. The molecule has 10 nitrogen and oxygen atoms in total. The Morgan fingerprint density at radius 3 is 2.34 bits per heavy atom. The van der Waals surface area contributed by atoms with Crippen LogP contribution in [-0.4, -0.2) is 109 Å². The minimum Gasteiger partial charge on any atom is -0.445 e. The lowest BCUT2D eigenvalue weighted by Gasteiger charge is -2.44. The Hall–Kier alpha value is -2.99. The second kappa shape index (κ2) is 10.3. The molecule has 0 aliphatic carbocycles. The molecule has 3 atom stereocenters. The second-order valence-electron chi connectivity index (χ2n) is 9.38. The van der Waals surface area contributed by atoms with E-state index in [1.165, 1.54) is 0 Å². The average Bonchev–Trinajstić information content (AvgIpc) is 3.23. The number of piperazine rings is 1. The standard InChI is InChI=1S/C23H31F2N5O5/c1-27-14-17(35-22(33)30-8-7-23(24,25)15-30)13-18(20(31)26-34)19(27)21(32)29-11-9-28(10-12-29)16-5-3-2-4-6-16/h2-6,17-19,34H,7-15H2,1H3,(H,26,31). The van der Waals surface area contributed by atoms with Crippen molar-refractivity contribution in [3.05, 3.63) is 30.3 Å². The number of rotatable bonds is 4. The fraction of sp³-hybridized carbons (Fsp3) is 0.609. The number of alkyl halides is 2. The van der Waals surface area contributed by atoms with Crippen molar-refractivity contribution in [3.8, 4) is 0 Å². The fourth-order valence-corrected chi connectivity index (χ4v) is 5.13. The SMILES string of the molecule is CN1CC(OC(=O)N2CCC(F)(F)C2)CC(C(=O)NO)C1C(=O)N1CCN(c2ccccc2)CC1. The van der Waals surface area contributed by atoms with Crippen molar-refractivity contribution in [2.24, 2.45) is 5.92 Å². The molecular weight excluding hydrogens is 464 g/mol. The van der Waals surface area contributed by atoms with Crippen LogP contribution in [0.5, 0.6) is 0 Å². The molecule has 3 unspecified atom stereocenters. The molecule has 0 spiro atoms. The normalized spacial score (nSPS) is 27.0. The van der Waals surface area contributed by atoms with Gasteiger partial charge in [-0.1, -0.05) is 18.2 Å². The summed E-state index contributed by atoms with van der Waals surface area (Å²) in [7, 11) is 1.64. The number of amides is 3. The van der Waals surface area contributed by atoms with Crippen molar-refractivity contribution in [3.63, 3.8) is 0 Å². The predicted molar refractivity (Wildman–Crippen MR) is 121 cm³/mol. The van der Waals surface area contributed by atoms with Crippen LogP contribution >= 0.6 is 0 Å². The molecule has 2 N–H and O–H groups in total. The van der Waals surface area contributed by atoms with Gasteiger partial charge < -0.3 is 19.4 Å². The molecule has 3 heterocycles. The number of carbonyl (C=O) groups is 3. The summed E-state index contributed by atoms with van der Waals surface area (Å²) in [5, 5.41) is 9.29. The van der Waals surface area contributed by atoms with Crippen molar-refractivity contribution >= 4 is 23.6 Å². The van der Waals surface area contributed by atoms with Gasteiger partial charge in [-0.2, -0.15) is 0 Å². The Kier molecular flexibility index (Phi) is 7.41. The van der Waals surface area contributed by atoms with Crippen LogP contribution in [0.3, 0.4) is 0 Å². The van der Waals surface area contributed by atoms with Crippen molar-refractivity contribution < 1.29 is 33.1 Å². The van der Waals surface area contributed by atoms with Crippen LogP contribution in [0.2, 0.25) is 0 Å². The highest BCUT2D eigenvalue weighted by Crippen LogP contribution is 2.30. The molecule has 12 heteroatoms. The van der Waals surface area contributed by atoms with Gasteiger partial charge >= 0.3 is 6.09 Å². The number of hydroxylamine groups is 1. The molecule has 3 aliphatic heterocycles. The van der Waals surface area contributed by atoms with Crippen LogP contribution in [0.25, 0.3) is 0 Å². The summed E-state index contributed by atoms with van der Waals surface area (Å²) in [6.07, 6.45) is -2.09. The number of nitrogens with one attached hydrogen (secondary N) is 1. The van der Waals surface area contributed by atoms with Gasteiger partial charge in [0.05, 0.1) is 12.5 Å². The Morgan fingerprint density at radius 2 is 1.74 bits per heavy atom. The van der Waals surface area contributed by atoms with Crippen LogP contribution in [0.4, 0.5) is 19.3 Å². The number of likely N-dealkylation sites (tertiary alicyclic amines) is 2. The summed E-state index contributed by atoms with van der Waals surface area (Å²) in [5.74, 6) is -4.91. The van der Waals surface area contributed by atoms with Crippen LogP contribution in [0, 0.1) is 5.92 Å². The van der Waals surface area contributed by atoms with Crippen molar-refractivity contribution in [2.75, 3.05) is 57.8 Å². The highest BCUT2D eigenvalue weighted by molar-refractivity contribution is 5.90. The van der Waals surface area contributed by atoms with Gasteiger partial charge in [-0.25, -0.2) is 19.1 Å². The van der Waals surface area contributed by atoms with Gasteiger partial charge in [0.25, 0.3) is 5.92 Å². The third-order valence-electron chi connectivity index (χ3n) is 6.97. The molecule has 0 aromatic heterocycles. The van der Waals surface area contributed by atoms with Gasteiger partial charge in [0.1, 0.15) is 12.1 Å². The van der Waals surface area contributed by atoms with E-state index < -0.39 is 49.0 Å². The molecule has 3 fully saturated rings. The molecule has 4 rings (SSSR count). The molecule has 1 aromatic rings. The molecule has 3 amide bonds. The van der Waals surface area contributed by atoms with E-state index in [-0.39, 0.29) is 25.4 Å². The Labute approximate surface area is 202 Å². The first-order valence-corrected chi connectivity index (χ1v) is 11.7. The third-order valence-corrected chi connectivity index (χ3v) is 6.97. The van der Waals surface area contributed by atoms with E-state index in [1.54, 1.807) is 22.3 Å². The quantitative estimate of drug-likeness (QED) is 0.474. The molecule has 192 valence electrons. The first-order chi connectivity index (χ1) is 16.7. The molecule has 35 heavy (non-hydrogen) atoms. The monoisotopic (exact) mass is 495 g/mol. The van der Waals surface area contributed by atoms with Crippen molar-refractivity contribution in [1.29, 1.82) is 0 Å². The maximum atomic E-state index is 13.5. The van der Waals surface area contributed by atoms with Gasteiger partial charge in [-0.15, -0.1) is 0 Å². The van der Waals surface area contributed by atoms with Crippen LogP contribution in [0.1, 0.15) is 12.8 Å². The summed E-state index contributed by atoms with van der Waals surface area (Å²) >= 11 is 0. The van der Waals surface area contributed by atoms with Crippen molar-refractivity contribution in [2.45, 2.75) is 30.9 Å². The lowest BCUT2D eigenvalue weighted by atomic mass is 9.86. The fourth-order valence-electron chi connectivity index (χ4n) is 5.13. The molecule has 0 radical (unpaired) electrons. The molecule has 1 aromatic carbocycles. The summed E-state index contributed by atoms with van der Waals surface area (Å²) in [4.78, 5) is 44.8. The minimum absolute atomic E-state index is 0.00685. The highest BCUT2D eigenvalue weighted by Gasteiger charge is 2.47. The number of likely N-dealkylation sites (N-methyl/N-ethyl adjacent to an activating group) is 1. The van der Waals surface area contributed by atoms with Crippen LogP contribution < -0.4 is 10.4 Å². The van der Waals surface area contributed by atoms with E-state index in [0.717, 1.165) is 10.6 Å². The van der Waals surface area contributed by atoms with E-state index in [1.807, 2.05) is 30.3 Å². The first-order valence-electron chi connectivity index (χ1n) is 11.7. The lowest BCUT2D eigenvalue weighted by Crippen LogP contribution is -2.62. The molecular formula is C23H31F2N5O5. The zero-order chi connectivity index (χ0) is 25.2. The van der Waals surface area contributed by atoms with Gasteiger partial charge in [-0.05, 0) is 25.6 Å². The predicted octanol–water partition coefficient (Wildman–Crippen LogP) is 1.01. The van der Waals surface area contributed by atoms with Gasteiger partial charge in [0.2, 0.25) is 11.8 Å². The summed E-state index contributed by atoms with van der Waals surface area (Å²) < 4.78 is 32.3. The van der Waals surface area contributed by atoms with E-state index in [9.17, 15) is 28.4 Å². The second-order valence-corrected chi connectivity index (χ2v) is 9.38. The summed E-state index contributed by atoms with van der Waals surface area (Å²) in [5.41, 5.74) is 2.69. The van der Waals surface area contributed by atoms with Gasteiger partial charge in [0.15, 0.2) is 0 Å². The maximum absolute atomic E-state index is 13.5. The number of para-hydroxylation sites is 1. The van der Waals surface area contributed by atoms with E-state index in [2.05, 4.69) is 4.90 Å². The number of ether oxygens (including phenoxy) is 1. The number of hydrogen-bond acceptors (Lipinski definition) is 7. The maximum Gasteiger partial charge on any atom is 0.410 e. The van der Waals surface area contributed by atoms with E-state index in [4.69, 9.17) is 4.74 Å². The van der Waals surface area contributed by atoms with Gasteiger partial charge in [-0.3, -0.25) is 19.7 Å². The number of hydrogen-bond donors (Lipinski definition) is 2. The number of halogens is 2. The number of carbonyl (C=O) groups excluding carboxylic acids is 3. The Bertz CT molecular complexity index is 928. The van der Waals surface area contributed by atoms with Crippen LogP contribution in [-0.2, 0) is 14.3 Å². The topological polar surface area (TPSA) is 106 Å². The Morgan fingerprint density at radius 1 is 1.06 bits per heavy atom. The molecule has 3 aliphatic rings. The van der Waals surface area contributed by atoms with E-state index in [0.29, 0.717) is 26.2 Å². The largest absolute Gasteiger partial charge is 0.445 e. The minimum atomic E-state index is -2.94. The lowest BCUT2D eigenvalue weighted by molar-refractivity contribution is -0.152. The highest BCUT2D eigenvalue weighted by atomic mass is 19.3. The zero-order valence-corrected chi connectivity index (χ0v) is 19.6. The number of anilines is 1. The number of nitrogens with zero attached hydrogens (tertiary/aromatic N) is 4. The smallest absolute Gasteiger partial charge is 0.410 e.